The number of para-hydroxylation sites is 3. The third kappa shape index (κ3) is 3.95. The van der Waals surface area contributed by atoms with Crippen LogP contribution in [-0.4, -0.2) is 4.57 Å². The zero-order valence-corrected chi connectivity index (χ0v) is 28.5. The van der Waals surface area contributed by atoms with E-state index in [2.05, 4.69) is 179 Å². The molecule has 0 saturated heterocycles. The third-order valence-corrected chi connectivity index (χ3v) is 12.6. The van der Waals surface area contributed by atoms with E-state index in [9.17, 15) is 0 Å². The summed E-state index contributed by atoms with van der Waals surface area (Å²) in [6.07, 6.45) is 0. The van der Waals surface area contributed by atoms with Gasteiger partial charge < -0.3 is 9.47 Å². The van der Waals surface area contributed by atoms with Gasteiger partial charge in [0.05, 0.1) is 32.8 Å². The lowest BCUT2D eigenvalue weighted by molar-refractivity contribution is 1.17. The standard InChI is InChI=1S/C46H28N2S2/c1-2-14-30(15-3-1)47-37-21-8-6-17-32(37)34-19-10-23-39(44(34)47)48(40-24-11-20-35-33-18-7-9-25-41(33)49-46(35)40)38-22-12-26-42-43(38)36-28-27-29-13-4-5-16-31(29)45(36)50-42/h1-28H. The molecule has 0 fully saturated rings. The topological polar surface area (TPSA) is 8.17 Å². The largest absolute Gasteiger partial charge is 0.307 e. The number of aromatic nitrogens is 1. The van der Waals surface area contributed by atoms with Gasteiger partial charge in [0.1, 0.15) is 0 Å². The Morgan fingerprint density at radius 3 is 1.92 bits per heavy atom. The minimum Gasteiger partial charge on any atom is -0.307 e. The Morgan fingerprint density at radius 1 is 0.380 bits per heavy atom. The Hall–Kier alpha value is -5.94. The van der Waals surface area contributed by atoms with Gasteiger partial charge in [-0.25, -0.2) is 0 Å². The van der Waals surface area contributed by atoms with Crippen LogP contribution in [0.4, 0.5) is 17.1 Å². The first kappa shape index (κ1) is 28.0. The summed E-state index contributed by atoms with van der Waals surface area (Å²) in [6.45, 7) is 0. The average Bonchev–Trinajstić information content (AvgIpc) is 3.86. The molecule has 11 aromatic rings. The molecular formula is C46H28N2S2. The summed E-state index contributed by atoms with van der Waals surface area (Å²) < 4.78 is 7.67. The van der Waals surface area contributed by atoms with Crippen molar-refractivity contribution in [3.63, 3.8) is 0 Å². The molecule has 0 spiro atoms. The first-order valence-electron chi connectivity index (χ1n) is 16.9. The molecule has 0 aliphatic rings. The molecule has 0 saturated carbocycles. The van der Waals surface area contributed by atoms with Crippen LogP contribution in [-0.2, 0) is 0 Å². The second-order valence-electron chi connectivity index (χ2n) is 12.9. The van der Waals surface area contributed by atoms with Crippen LogP contribution in [0.1, 0.15) is 0 Å². The number of hydrogen-bond donors (Lipinski definition) is 0. The molecule has 234 valence electrons. The van der Waals surface area contributed by atoms with E-state index in [4.69, 9.17) is 0 Å². The molecule has 0 unspecified atom stereocenters. The lowest BCUT2D eigenvalue weighted by atomic mass is 10.0. The second-order valence-corrected chi connectivity index (χ2v) is 15.0. The number of anilines is 3. The summed E-state index contributed by atoms with van der Waals surface area (Å²) in [6, 6.07) is 62.3. The zero-order valence-electron chi connectivity index (χ0n) is 26.9. The van der Waals surface area contributed by atoms with E-state index in [1.54, 1.807) is 0 Å². The van der Waals surface area contributed by atoms with Crippen molar-refractivity contribution in [3.8, 4) is 5.69 Å². The van der Waals surface area contributed by atoms with E-state index < -0.39 is 0 Å². The van der Waals surface area contributed by atoms with Crippen molar-refractivity contribution in [2.75, 3.05) is 4.90 Å². The summed E-state index contributed by atoms with van der Waals surface area (Å²) in [5.41, 5.74) is 7.07. The number of nitrogens with zero attached hydrogens (tertiary/aromatic N) is 2. The molecule has 8 aromatic carbocycles. The first-order valence-corrected chi connectivity index (χ1v) is 18.6. The maximum atomic E-state index is 2.56. The number of fused-ring (bicyclic) bond motifs is 11. The highest BCUT2D eigenvalue weighted by molar-refractivity contribution is 7.27. The van der Waals surface area contributed by atoms with Gasteiger partial charge in [0.15, 0.2) is 0 Å². The van der Waals surface area contributed by atoms with Gasteiger partial charge in [0.25, 0.3) is 0 Å². The Labute approximate surface area is 296 Å². The molecule has 0 aliphatic heterocycles. The van der Waals surface area contributed by atoms with Crippen molar-refractivity contribution >= 4 is 113 Å². The zero-order chi connectivity index (χ0) is 32.8. The van der Waals surface area contributed by atoms with Gasteiger partial charge in [0.2, 0.25) is 0 Å². The van der Waals surface area contributed by atoms with Crippen molar-refractivity contribution in [1.29, 1.82) is 0 Å². The molecule has 50 heavy (non-hydrogen) atoms. The number of thiophene rings is 2. The molecule has 0 radical (unpaired) electrons. The molecule has 0 atom stereocenters. The molecule has 4 heteroatoms. The van der Waals surface area contributed by atoms with E-state index in [1.807, 2.05) is 22.7 Å². The number of hydrogen-bond acceptors (Lipinski definition) is 3. The highest BCUT2D eigenvalue weighted by Crippen LogP contribution is 2.51. The number of rotatable bonds is 4. The van der Waals surface area contributed by atoms with Crippen LogP contribution in [0.3, 0.4) is 0 Å². The monoisotopic (exact) mass is 672 g/mol. The van der Waals surface area contributed by atoms with Crippen LogP contribution in [0, 0.1) is 0 Å². The van der Waals surface area contributed by atoms with E-state index >= 15 is 0 Å². The smallest absolute Gasteiger partial charge is 0.0782 e. The molecular weight excluding hydrogens is 645 g/mol. The lowest BCUT2D eigenvalue weighted by Gasteiger charge is -2.28. The summed E-state index contributed by atoms with van der Waals surface area (Å²) >= 11 is 3.78. The normalized spacial score (nSPS) is 12.0. The molecule has 0 N–H and O–H groups in total. The predicted octanol–water partition coefficient (Wildman–Crippen LogP) is 14.1. The quantitative estimate of drug-likeness (QED) is 0.181. The van der Waals surface area contributed by atoms with Gasteiger partial charge in [0, 0.05) is 52.1 Å². The van der Waals surface area contributed by atoms with Crippen molar-refractivity contribution < 1.29 is 0 Å². The fourth-order valence-electron chi connectivity index (χ4n) is 8.05. The number of benzene rings is 8. The van der Waals surface area contributed by atoms with Crippen LogP contribution < -0.4 is 4.90 Å². The summed E-state index contributed by atoms with van der Waals surface area (Å²) in [7, 11) is 0. The van der Waals surface area contributed by atoms with Gasteiger partial charge in [-0.15, -0.1) is 22.7 Å². The Bertz CT molecular complexity index is 3110. The second kappa shape index (κ2) is 10.8. The van der Waals surface area contributed by atoms with Crippen molar-refractivity contribution in [2.24, 2.45) is 0 Å². The fraction of sp³-hybridized carbons (Fsp3) is 0. The van der Waals surface area contributed by atoms with E-state index in [0.29, 0.717) is 0 Å². The molecule has 0 amide bonds. The predicted molar refractivity (Wildman–Crippen MR) is 219 cm³/mol. The van der Waals surface area contributed by atoms with Crippen LogP contribution in [0.15, 0.2) is 170 Å². The van der Waals surface area contributed by atoms with Crippen LogP contribution in [0.5, 0.6) is 0 Å². The maximum absolute atomic E-state index is 2.56. The fourth-order valence-corrected chi connectivity index (χ4v) is 10.5. The molecule has 2 nitrogen and oxygen atoms in total. The summed E-state index contributed by atoms with van der Waals surface area (Å²) in [5, 5.41) is 10.2. The van der Waals surface area contributed by atoms with Crippen LogP contribution in [0.2, 0.25) is 0 Å². The minimum absolute atomic E-state index is 1.15. The minimum atomic E-state index is 1.15. The molecule has 0 bridgehead atoms. The Balaban J connectivity index is 1.32. The maximum Gasteiger partial charge on any atom is 0.0782 e. The van der Waals surface area contributed by atoms with E-state index in [-0.39, 0.29) is 0 Å². The highest BCUT2D eigenvalue weighted by Gasteiger charge is 2.26. The third-order valence-electron chi connectivity index (χ3n) is 10.2. The van der Waals surface area contributed by atoms with Gasteiger partial charge in [-0.2, -0.15) is 0 Å². The van der Waals surface area contributed by atoms with Gasteiger partial charge in [-0.3, -0.25) is 0 Å². The highest BCUT2D eigenvalue weighted by atomic mass is 32.1. The van der Waals surface area contributed by atoms with E-state index in [0.717, 1.165) is 11.4 Å². The van der Waals surface area contributed by atoms with Crippen LogP contribution >= 0.6 is 22.7 Å². The summed E-state index contributed by atoms with van der Waals surface area (Å²) in [4.78, 5) is 2.56. The van der Waals surface area contributed by atoms with Crippen LogP contribution in [0.25, 0.3) is 78.6 Å². The van der Waals surface area contributed by atoms with Gasteiger partial charge in [-0.05, 0) is 59.3 Å². The lowest BCUT2D eigenvalue weighted by Crippen LogP contribution is -2.12. The molecule has 11 rings (SSSR count). The van der Waals surface area contributed by atoms with Gasteiger partial charge in [-0.1, -0.05) is 121 Å². The van der Waals surface area contributed by atoms with Crippen molar-refractivity contribution in [3.05, 3.63) is 170 Å². The first-order chi connectivity index (χ1) is 24.8. The molecule has 3 heterocycles. The summed E-state index contributed by atoms with van der Waals surface area (Å²) in [5.74, 6) is 0. The molecule has 0 aliphatic carbocycles. The van der Waals surface area contributed by atoms with Crippen molar-refractivity contribution in [2.45, 2.75) is 0 Å². The van der Waals surface area contributed by atoms with Gasteiger partial charge >= 0.3 is 0 Å². The Kier molecular flexibility index (Phi) is 6.03. The SMILES string of the molecule is c1ccc(-n2c3ccccc3c3cccc(N(c4cccc5c4sc4ccccc45)c4cccc5sc6c7ccccc7ccc6c45)c32)cc1. The van der Waals surface area contributed by atoms with E-state index in [1.165, 1.54) is 84.3 Å². The Morgan fingerprint density at radius 2 is 1.02 bits per heavy atom. The van der Waals surface area contributed by atoms with Crippen molar-refractivity contribution in [1.82, 2.24) is 4.57 Å². The average molecular weight is 673 g/mol. The molecule has 3 aromatic heterocycles.